The van der Waals surface area contributed by atoms with Crippen LogP contribution in [0.5, 0.6) is 0 Å². The van der Waals surface area contributed by atoms with Crippen LogP contribution in [0.1, 0.15) is 15.9 Å². The number of nitrogens with one attached hydrogen (secondary N) is 1. The molecule has 0 bridgehead atoms. The number of nitrogens with two attached hydrogens (primary N) is 1. The first-order chi connectivity index (χ1) is 12.2. The van der Waals surface area contributed by atoms with E-state index in [9.17, 15) is 4.79 Å². The molecule has 0 saturated carbocycles. The molecule has 0 aromatic heterocycles. The molecule has 0 aliphatic rings. The van der Waals surface area contributed by atoms with Crippen molar-refractivity contribution in [2.24, 2.45) is 5.90 Å². The van der Waals surface area contributed by atoms with E-state index in [1.165, 1.54) is 0 Å². The summed E-state index contributed by atoms with van der Waals surface area (Å²) in [7, 11) is 0. The average Bonchev–Trinajstić information content (AvgIpc) is 2.62. The Morgan fingerprint density at radius 1 is 1.04 bits per heavy atom. The smallest absolute Gasteiger partial charge is 0.255 e. The van der Waals surface area contributed by atoms with Gasteiger partial charge in [-0.2, -0.15) is 10.8 Å². The van der Waals surface area contributed by atoms with Gasteiger partial charge in [0.2, 0.25) is 0 Å². The minimum absolute atomic E-state index is 0.361. The molecule has 0 radical (unpaired) electrons. The molecule has 3 aromatic rings. The Morgan fingerprint density at radius 2 is 1.76 bits per heavy atom. The zero-order valence-electron chi connectivity index (χ0n) is 13.3. The van der Waals surface area contributed by atoms with Crippen molar-refractivity contribution < 1.29 is 14.7 Å². The Kier molecular flexibility index (Phi) is 5.63. The van der Waals surface area contributed by atoms with Gasteiger partial charge in [-0.05, 0) is 22.4 Å². The van der Waals surface area contributed by atoms with E-state index in [1.54, 1.807) is 6.07 Å². The Bertz CT molecular complexity index is 871. The molecule has 128 valence electrons. The van der Waals surface area contributed by atoms with Gasteiger partial charge in [-0.25, -0.2) is 0 Å². The van der Waals surface area contributed by atoms with Crippen molar-refractivity contribution in [3.05, 3.63) is 82.9 Å². The Hall–Kier alpha value is -2.44. The second-order valence-electron chi connectivity index (χ2n) is 5.49. The Balaban J connectivity index is 1.85. The molecule has 3 aromatic carbocycles. The first kappa shape index (κ1) is 17.4. The van der Waals surface area contributed by atoms with Gasteiger partial charge in [-0.15, -0.1) is 4.99 Å². The number of benzene rings is 3. The summed E-state index contributed by atoms with van der Waals surface area (Å²) in [4.78, 5) is 22.1. The fourth-order valence-corrected chi connectivity index (χ4v) is 2.95. The lowest BCUT2D eigenvalue weighted by atomic mass is 10.0. The molecule has 1 atom stereocenters. The van der Waals surface area contributed by atoms with Crippen molar-refractivity contribution >= 4 is 28.3 Å². The summed E-state index contributed by atoms with van der Waals surface area (Å²) in [6.07, 6.45) is -0.360. The highest BCUT2D eigenvalue weighted by Crippen LogP contribution is 2.26. The van der Waals surface area contributed by atoms with Crippen molar-refractivity contribution in [1.82, 2.24) is 5.32 Å². The zero-order valence-corrected chi connectivity index (χ0v) is 14.1. The molecule has 0 aliphatic carbocycles. The molecular formula is C19H17ClN2O3. The summed E-state index contributed by atoms with van der Waals surface area (Å²) < 4.78 is 0. The predicted molar refractivity (Wildman–Crippen MR) is 96.7 cm³/mol. The number of halogens is 1. The van der Waals surface area contributed by atoms with E-state index in [0.29, 0.717) is 17.0 Å². The topological polar surface area (TPSA) is 73.6 Å². The quantitative estimate of drug-likeness (QED) is 0.402. The van der Waals surface area contributed by atoms with Crippen LogP contribution >= 0.6 is 11.6 Å². The molecule has 6 heteroatoms. The van der Waals surface area contributed by atoms with Gasteiger partial charge in [0.1, 0.15) is 0 Å². The molecule has 5 nitrogen and oxygen atoms in total. The Labute approximate surface area is 150 Å². The first-order valence-corrected chi connectivity index (χ1v) is 8.11. The molecule has 25 heavy (non-hydrogen) atoms. The number of fused-ring (bicyclic) bond motifs is 1. The van der Waals surface area contributed by atoms with Crippen molar-refractivity contribution in [2.45, 2.75) is 12.6 Å². The molecule has 3 N–H and O–H groups in total. The number of hydrogen-bond donors (Lipinski definition) is 2. The monoisotopic (exact) mass is 356 g/mol. The van der Waals surface area contributed by atoms with Gasteiger partial charge in [0, 0.05) is 6.42 Å². The number of hydrogen-bond acceptors (Lipinski definition) is 4. The minimum atomic E-state index is -0.755. The van der Waals surface area contributed by atoms with Gasteiger partial charge in [0.25, 0.3) is 5.91 Å². The van der Waals surface area contributed by atoms with Crippen molar-refractivity contribution in [3.63, 3.8) is 0 Å². The van der Waals surface area contributed by atoms with E-state index in [4.69, 9.17) is 22.4 Å². The maximum Gasteiger partial charge on any atom is 0.255 e. The van der Waals surface area contributed by atoms with Crippen molar-refractivity contribution in [3.8, 4) is 0 Å². The lowest BCUT2D eigenvalue weighted by Crippen LogP contribution is -2.39. The SMILES string of the molecule is NOOC(Cc1ccccc1)NC(=O)c1c(Cl)ccc2ccccc12. The zero-order chi connectivity index (χ0) is 17.6. The molecule has 0 heterocycles. The minimum Gasteiger partial charge on any atom is -0.324 e. The first-order valence-electron chi connectivity index (χ1n) is 7.73. The third-order valence-electron chi connectivity index (χ3n) is 3.83. The molecule has 0 fully saturated rings. The van der Waals surface area contributed by atoms with Crippen molar-refractivity contribution in [2.75, 3.05) is 0 Å². The maximum atomic E-state index is 12.8. The summed E-state index contributed by atoms with van der Waals surface area (Å²) in [6, 6.07) is 20.7. The van der Waals surface area contributed by atoms with Crippen LogP contribution in [0.25, 0.3) is 10.8 Å². The van der Waals surface area contributed by atoms with E-state index in [1.807, 2.05) is 60.7 Å². The van der Waals surface area contributed by atoms with Crippen molar-refractivity contribution in [1.29, 1.82) is 0 Å². The maximum absolute atomic E-state index is 12.8. The number of amides is 1. The summed E-state index contributed by atoms with van der Waals surface area (Å²) in [5, 5.41) is 4.82. The van der Waals surface area contributed by atoms with Gasteiger partial charge in [0.05, 0.1) is 10.6 Å². The van der Waals surface area contributed by atoms with Gasteiger partial charge in [0.15, 0.2) is 6.23 Å². The fraction of sp³-hybridized carbons (Fsp3) is 0.105. The third-order valence-corrected chi connectivity index (χ3v) is 4.15. The summed E-state index contributed by atoms with van der Waals surface area (Å²) >= 11 is 6.26. The summed E-state index contributed by atoms with van der Waals surface area (Å²) in [5.41, 5.74) is 1.35. The molecule has 1 amide bonds. The Morgan fingerprint density at radius 3 is 2.52 bits per heavy atom. The average molecular weight is 357 g/mol. The number of rotatable bonds is 6. The lowest BCUT2D eigenvalue weighted by molar-refractivity contribution is -0.332. The summed E-state index contributed by atoms with van der Waals surface area (Å²) in [5.74, 6) is 4.66. The van der Waals surface area contributed by atoms with E-state index in [0.717, 1.165) is 16.3 Å². The van der Waals surface area contributed by atoms with E-state index in [-0.39, 0.29) is 5.91 Å². The van der Waals surface area contributed by atoms with Gasteiger partial charge < -0.3 is 5.32 Å². The molecule has 1 unspecified atom stereocenters. The van der Waals surface area contributed by atoms with Gasteiger partial charge in [-0.1, -0.05) is 72.3 Å². The molecule has 0 spiro atoms. The van der Waals surface area contributed by atoms with Crippen LogP contribution in [0.15, 0.2) is 66.7 Å². The highest BCUT2D eigenvalue weighted by molar-refractivity contribution is 6.35. The standard InChI is InChI=1S/C19H17ClN2O3/c20-16-11-10-14-8-4-5-9-15(14)18(16)19(23)22-17(24-25-21)12-13-6-2-1-3-7-13/h1-11,17H,12,21H2,(H,22,23). The van der Waals surface area contributed by atoms with Crippen LogP contribution in [0, 0.1) is 0 Å². The second-order valence-corrected chi connectivity index (χ2v) is 5.89. The molecule has 0 aliphatic heterocycles. The second kappa shape index (κ2) is 8.09. The number of carbonyl (C=O) groups is 1. The molecule has 0 saturated heterocycles. The molecular weight excluding hydrogens is 340 g/mol. The van der Waals surface area contributed by atoms with Crippen LogP contribution < -0.4 is 11.2 Å². The lowest BCUT2D eigenvalue weighted by Gasteiger charge is -2.18. The van der Waals surface area contributed by atoms with E-state index in [2.05, 4.69) is 10.3 Å². The van der Waals surface area contributed by atoms with E-state index < -0.39 is 6.23 Å². The third kappa shape index (κ3) is 4.15. The normalized spacial score (nSPS) is 12.1. The largest absolute Gasteiger partial charge is 0.324 e. The van der Waals surface area contributed by atoms with Crippen LogP contribution in [-0.2, 0) is 16.3 Å². The van der Waals surface area contributed by atoms with E-state index >= 15 is 0 Å². The summed E-state index contributed by atoms with van der Waals surface area (Å²) in [6.45, 7) is 0. The highest BCUT2D eigenvalue weighted by Gasteiger charge is 2.20. The van der Waals surface area contributed by atoms with Gasteiger partial charge >= 0.3 is 0 Å². The van der Waals surface area contributed by atoms with Crippen LogP contribution in [-0.4, -0.2) is 12.1 Å². The fourth-order valence-electron chi connectivity index (χ4n) is 2.70. The number of carbonyl (C=O) groups excluding carboxylic acids is 1. The van der Waals surface area contributed by atoms with Crippen LogP contribution in [0.4, 0.5) is 0 Å². The van der Waals surface area contributed by atoms with Gasteiger partial charge in [-0.3, -0.25) is 4.79 Å². The molecule has 3 rings (SSSR count). The predicted octanol–water partition coefficient (Wildman–Crippen LogP) is 3.61. The van der Waals surface area contributed by atoms with Crippen LogP contribution in [0.3, 0.4) is 0 Å². The van der Waals surface area contributed by atoms with Crippen LogP contribution in [0.2, 0.25) is 5.02 Å². The highest BCUT2D eigenvalue weighted by atomic mass is 35.5.